The van der Waals surface area contributed by atoms with E-state index in [1.807, 2.05) is 17.8 Å². The van der Waals surface area contributed by atoms with Crippen LogP contribution in [0.2, 0.25) is 0 Å². The van der Waals surface area contributed by atoms with Gasteiger partial charge in [0.15, 0.2) is 0 Å². The summed E-state index contributed by atoms with van der Waals surface area (Å²) in [5.74, 6) is 0.244. The van der Waals surface area contributed by atoms with Crippen LogP contribution < -0.4 is 5.32 Å². The molecule has 1 heterocycles. The molecule has 0 spiro atoms. The first kappa shape index (κ1) is 10.4. The van der Waals surface area contributed by atoms with E-state index in [9.17, 15) is 5.11 Å². The number of hydrogen-bond acceptors (Lipinski definition) is 3. The molecule has 0 aliphatic heterocycles. The lowest BCUT2D eigenvalue weighted by molar-refractivity contribution is 0.476. The molecule has 0 radical (unpaired) electrons. The summed E-state index contributed by atoms with van der Waals surface area (Å²) in [7, 11) is 1.91. The van der Waals surface area contributed by atoms with Crippen molar-refractivity contribution in [3.05, 3.63) is 22.8 Å². The van der Waals surface area contributed by atoms with Gasteiger partial charge in [-0.2, -0.15) is 5.10 Å². The average molecular weight is 270 g/mol. The van der Waals surface area contributed by atoms with Crippen molar-refractivity contribution in [2.24, 2.45) is 0 Å². The molecule has 2 aromatic rings. The Morgan fingerprint density at radius 2 is 2.33 bits per heavy atom. The second-order valence-corrected chi connectivity index (χ2v) is 4.07. The molecule has 0 atom stereocenters. The lowest BCUT2D eigenvalue weighted by Crippen LogP contribution is -2.15. The first-order valence-electron chi connectivity index (χ1n) is 4.72. The number of phenols is 1. The summed E-state index contributed by atoms with van der Waals surface area (Å²) in [6, 6.07) is 5.19. The SMILES string of the molecule is CNCCn1nc2cc(O)ccc2c1Br. The van der Waals surface area contributed by atoms with Crippen LogP contribution in [0.5, 0.6) is 5.75 Å². The average Bonchev–Trinajstić information content (AvgIpc) is 2.52. The number of halogens is 1. The van der Waals surface area contributed by atoms with Crippen molar-refractivity contribution in [2.45, 2.75) is 6.54 Å². The van der Waals surface area contributed by atoms with Gasteiger partial charge >= 0.3 is 0 Å². The highest BCUT2D eigenvalue weighted by atomic mass is 79.9. The van der Waals surface area contributed by atoms with E-state index < -0.39 is 0 Å². The Balaban J connectivity index is 2.44. The van der Waals surface area contributed by atoms with Gasteiger partial charge in [0.05, 0.1) is 12.1 Å². The van der Waals surface area contributed by atoms with Crippen LogP contribution in [0.25, 0.3) is 10.9 Å². The standard InChI is InChI=1S/C10H12BrN3O/c1-12-4-5-14-10(11)8-3-2-7(15)6-9(8)13-14/h2-3,6,12,15H,4-5H2,1H3. The van der Waals surface area contributed by atoms with Gasteiger partial charge in [0.2, 0.25) is 0 Å². The first-order chi connectivity index (χ1) is 7.22. The van der Waals surface area contributed by atoms with Gasteiger partial charge in [0.1, 0.15) is 10.4 Å². The zero-order valence-corrected chi connectivity index (χ0v) is 9.95. The number of nitrogens with one attached hydrogen (secondary N) is 1. The molecule has 2 rings (SSSR count). The Hall–Kier alpha value is -1.07. The van der Waals surface area contributed by atoms with Gasteiger partial charge in [-0.15, -0.1) is 0 Å². The molecule has 2 N–H and O–H groups in total. The fourth-order valence-electron chi connectivity index (χ4n) is 1.46. The molecule has 1 aromatic carbocycles. The van der Waals surface area contributed by atoms with E-state index in [0.717, 1.165) is 28.6 Å². The third kappa shape index (κ3) is 1.98. The second-order valence-electron chi connectivity index (χ2n) is 3.32. The van der Waals surface area contributed by atoms with E-state index in [-0.39, 0.29) is 5.75 Å². The van der Waals surface area contributed by atoms with Gasteiger partial charge in [-0.1, -0.05) is 0 Å². The number of hydrogen-bond donors (Lipinski definition) is 2. The molecule has 0 aliphatic carbocycles. The summed E-state index contributed by atoms with van der Waals surface area (Å²) < 4.78 is 2.83. The number of likely N-dealkylation sites (N-methyl/N-ethyl adjacent to an activating group) is 1. The zero-order valence-electron chi connectivity index (χ0n) is 8.37. The molecule has 80 valence electrons. The fraction of sp³-hybridized carbons (Fsp3) is 0.300. The fourth-order valence-corrected chi connectivity index (χ4v) is 2.05. The van der Waals surface area contributed by atoms with Crippen LogP contribution in [-0.2, 0) is 6.54 Å². The minimum absolute atomic E-state index is 0.244. The lowest BCUT2D eigenvalue weighted by atomic mass is 10.2. The maximum atomic E-state index is 9.33. The van der Waals surface area contributed by atoms with Gasteiger partial charge in [-0.05, 0) is 35.1 Å². The summed E-state index contributed by atoms with van der Waals surface area (Å²) in [4.78, 5) is 0. The number of nitrogens with zero attached hydrogens (tertiary/aromatic N) is 2. The summed E-state index contributed by atoms with van der Waals surface area (Å²) in [5.41, 5.74) is 0.804. The Kier molecular flexibility index (Phi) is 2.93. The van der Waals surface area contributed by atoms with Gasteiger partial charge < -0.3 is 10.4 Å². The second kappa shape index (κ2) is 4.20. The van der Waals surface area contributed by atoms with Crippen molar-refractivity contribution in [2.75, 3.05) is 13.6 Å². The third-order valence-electron chi connectivity index (χ3n) is 2.23. The van der Waals surface area contributed by atoms with Crippen LogP contribution in [0, 0.1) is 0 Å². The van der Waals surface area contributed by atoms with Gasteiger partial charge in [-0.25, -0.2) is 0 Å². The minimum atomic E-state index is 0.244. The number of aromatic nitrogens is 2. The Morgan fingerprint density at radius 3 is 3.07 bits per heavy atom. The number of rotatable bonds is 3. The van der Waals surface area contributed by atoms with Crippen LogP contribution in [0.4, 0.5) is 0 Å². The molecule has 0 amide bonds. The van der Waals surface area contributed by atoms with Crippen LogP contribution in [-0.4, -0.2) is 28.5 Å². The lowest BCUT2D eigenvalue weighted by Gasteiger charge is -2.01. The van der Waals surface area contributed by atoms with E-state index >= 15 is 0 Å². The maximum absolute atomic E-state index is 9.33. The molecule has 0 unspecified atom stereocenters. The Bertz CT molecular complexity index is 481. The van der Waals surface area contributed by atoms with Gasteiger partial charge in [0.25, 0.3) is 0 Å². The Labute approximate surface area is 96.0 Å². The molecule has 1 aromatic heterocycles. The molecule has 4 nitrogen and oxygen atoms in total. The number of benzene rings is 1. The largest absolute Gasteiger partial charge is 0.508 e. The van der Waals surface area contributed by atoms with Crippen molar-refractivity contribution >= 4 is 26.8 Å². The van der Waals surface area contributed by atoms with Crippen LogP contribution in [0.3, 0.4) is 0 Å². The predicted octanol–water partition coefficient (Wildman–Crippen LogP) is 1.72. The molecular formula is C10H12BrN3O. The summed E-state index contributed by atoms with van der Waals surface area (Å²) >= 11 is 3.50. The molecular weight excluding hydrogens is 258 g/mol. The molecule has 0 aliphatic rings. The van der Waals surface area contributed by atoms with Crippen molar-refractivity contribution in [1.82, 2.24) is 15.1 Å². The first-order valence-corrected chi connectivity index (χ1v) is 5.51. The smallest absolute Gasteiger partial charge is 0.117 e. The normalized spacial score (nSPS) is 11.1. The summed E-state index contributed by atoms with van der Waals surface area (Å²) in [6.45, 7) is 1.66. The van der Waals surface area contributed by atoms with Crippen LogP contribution >= 0.6 is 15.9 Å². The van der Waals surface area contributed by atoms with E-state index in [1.54, 1.807) is 12.1 Å². The molecule has 0 saturated carbocycles. The molecule has 0 saturated heterocycles. The van der Waals surface area contributed by atoms with E-state index in [0.29, 0.717) is 0 Å². The molecule has 0 bridgehead atoms. The monoisotopic (exact) mass is 269 g/mol. The highest BCUT2D eigenvalue weighted by Gasteiger charge is 2.08. The van der Waals surface area contributed by atoms with Crippen molar-refractivity contribution < 1.29 is 5.11 Å². The van der Waals surface area contributed by atoms with Crippen molar-refractivity contribution in [3.8, 4) is 5.75 Å². The van der Waals surface area contributed by atoms with Gasteiger partial charge in [0, 0.05) is 18.0 Å². The number of aromatic hydroxyl groups is 1. The van der Waals surface area contributed by atoms with E-state index in [2.05, 4.69) is 26.3 Å². The maximum Gasteiger partial charge on any atom is 0.117 e. The number of phenolic OH excluding ortho intramolecular Hbond substituents is 1. The van der Waals surface area contributed by atoms with E-state index in [4.69, 9.17) is 0 Å². The number of fused-ring (bicyclic) bond motifs is 1. The molecule has 15 heavy (non-hydrogen) atoms. The van der Waals surface area contributed by atoms with Gasteiger partial charge in [-0.3, -0.25) is 4.68 Å². The summed E-state index contributed by atoms with van der Waals surface area (Å²) in [5, 5.41) is 17.8. The molecule has 5 heteroatoms. The third-order valence-corrected chi connectivity index (χ3v) is 3.07. The predicted molar refractivity (Wildman–Crippen MR) is 63.0 cm³/mol. The quantitative estimate of drug-likeness (QED) is 0.892. The highest BCUT2D eigenvalue weighted by Crippen LogP contribution is 2.26. The summed E-state index contributed by atoms with van der Waals surface area (Å²) in [6.07, 6.45) is 0. The van der Waals surface area contributed by atoms with Crippen molar-refractivity contribution in [3.63, 3.8) is 0 Å². The Morgan fingerprint density at radius 1 is 1.53 bits per heavy atom. The minimum Gasteiger partial charge on any atom is -0.508 e. The topological polar surface area (TPSA) is 50.1 Å². The van der Waals surface area contributed by atoms with Crippen molar-refractivity contribution in [1.29, 1.82) is 0 Å². The molecule has 0 fully saturated rings. The van der Waals surface area contributed by atoms with Crippen LogP contribution in [0.15, 0.2) is 22.8 Å². The highest BCUT2D eigenvalue weighted by molar-refractivity contribution is 9.10. The zero-order chi connectivity index (χ0) is 10.8. The van der Waals surface area contributed by atoms with E-state index in [1.165, 1.54) is 0 Å². The van der Waals surface area contributed by atoms with Crippen LogP contribution in [0.1, 0.15) is 0 Å².